The van der Waals surface area contributed by atoms with Gasteiger partial charge in [-0.2, -0.15) is 0 Å². The molecule has 1 heterocycles. The average molecular weight is 403 g/mol. The van der Waals surface area contributed by atoms with Crippen LogP contribution in [0.5, 0.6) is 5.75 Å². The second-order valence-corrected chi connectivity index (χ2v) is 7.15. The first-order chi connectivity index (χ1) is 14.5. The van der Waals surface area contributed by atoms with Crippen LogP contribution >= 0.6 is 0 Å². The molecule has 1 N–H and O–H groups in total. The first-order valence-electron chi connectivity index (χ1n) is 9.70. The van der Waals surface area contributed by atoms with Gasteiger partial charge in [0.15, 0.2) is 5.78 Å². The maximum absolute atomic E-state index is 12.7. The fourth-order valence-corrected chi connectivity index (χ4v) is 3.70. The number of hydrogen-bond acceptors (Lipinski definition) is 6. The summed E-state index contributed by atoms with van der Waals surface area (Å²) in [5.74, 6) is -0.0134. The van der Waals surface area contributed by atoms with Crippen molar-refractivity contribution in [3.05, 3.63) is 94.0 Å². The number of rotatable bonds is 5. The first kappa shape index (κ1) is 19.4. The van der Waals surface area contributed by atoms with Gasteiger partial charge in [-0.3, -0.25) is 14.9 Å². The summed E-state index contributed by atoms with van der Waals surface area (Å²) in [5, 5.41) is 21.2. The van der Waals surface area contributed by atoms with Crippen molar-refractivity contribution in [2.75, 3.05) is 36.0 Å². The Bertz CT molecular complexity index is 1060. The second kappa shape index (κ2) is 8.24. The lowest BCUT2D eigenvalue weighted by Crippen LogP contribution is -2.46. The number of nitro groups is 1. The molecule has 30 heavy (non-hydrogen) atoms. The smallest absolute Gasteiger partial charge is 0.293 e. The molecule has 1 fully saturated rings. The molecule has 7 nitrogen and oxygen atoms in total. The molecule has 0 amide bonds. The predicted octanol–water partition coefficient (Wildman–Crippen LogP) is 3.86. The van der Waals surface area contributed by atoms with Gasteiger partial charge < -0.3 is 14.9 Å². The van der Waals surface area contributed by atoms with E-state index in [-0.39, 0.29) is 17.2 Å². The Hall–Kier alpha value is -3.87. The minimum absolute atomic E-state index is 0.0603. The normalized spacial score (nSPS) is 13.9. The van der Waals surface area contributed by atoms with Gasteiger partial charge in [-0.25, -0.2) is 0 Å². The van der Waals surface area contributed by atoms with Gasteiger partial charge in [-0.1, -0.05) is 30.3 Å². The average Bonchev–Trinajstić information content (AvgIpc) is 2.79. The number of aromatic hydroxyl groups is 1. The number of piperazine rings is 1. The SMILES string of the molecule is O=C(c1ccccc1)c1ccc(N2CCN(c3ccc(O)cc3)CC2)c([N+](=O)[O-])c1. The van der Waals surface area contributed by atoms with Crippen molar-refractivity contribution in [3.63, 3.8) is 0 Å². The van der Waals surface area contributed by atoms with E-state index >= 15 is 0 Å². The van der Waals surface area contributed by atoms with Gasteiger partial charge in [0.05, 0.1) is 4.92 Å². The van der Waals surface area contributed by atoms with Crippen molar-refractivity contribution in [1.29, 1.82) is 0 Å². The number of carbonyl (C=O) groups is 1. The van der Waals surface area contributed by atoms with Gasteiger partial charge >= 0.3 is 0 Å². The third kappa shape index (κ3) is 3.96. The Morgan fingerprint density at radius 3 is 2.10 bits per heavy atom. The molecule has 7 heteroatoms. The number of nitrogens with zero attached hydrogens (tertiary/aromatic N) is 3. The number of phenols is 1. The van der Waals surface area contributed by atoms with E-state index in [0.29, 0.717) is 43.0 Å². The number of hydrogen-bond donors (Lipinski definition) is 1. The maximum atomic E-state index is 12.7. The summed E-state index contributed by atoms with van der Waals surface area (Å²) in [5.41, 5.74) is 2.28. The van der Waals surface area contributed by atoms with Crippen LogP contribution in [0.2, 0.25) is 0 Å². The molecule has 0 aliphatic carbocycles. The molecule has 3 aromatic rings. The van der Waals surface area contributed by atoms with Crippen molar-refractivity contribution in [1.82, 2.24) is 0 Å². The highest BCUT2D eigenvalue weighted by atomic mass is 16.6. The van der Waals surface area contributed by atoms with Gasteiger partial charge in [-0.15, -0.1) is 0 Å². The third-order valence-corrected chi connectivity index (χ3v) is 5.31. The fourth-order valence-electron chi connectivity index (χ4n) is 3.70. The number of ketones is 1. The molecular weight excluding hydrogens is 382 g/mol. The van der Waals surface area contributed by atoms with Crippen LogP contribution in [0.4, 0.5) is 17.1 Å². The molecule has 0 radical (unpaired) electrons. The fraction of sp³-hybridized carbons (Fsp3) is 0.174. The lowest BCUT2D eigenvalue weighted by molar-refractivity contribution is -0.384. The number of benzene rings is 3. The molecule has 0 aromatic heterocycles. The maximum Gasteiger partial charge on any atom is 0.293 e. The Labute approximate surface area is 173 Å². The predicted molar refractivity (Wildman–Crippen MR) is 116 cm³/mol. The van der Waals surface area contributed by atoms with E-state index in [1.807, 2.05) is 23.1 Å². The lowest BCUT2D eigenvalue weighted by Gasteiger charge is -2.37. The highest BCUT2D eigenvalue weighted by Gasteiger charge is 2.25. The molecule has 4 rings (SSSR count). The summed E-state index contributed by atoms with van der Waals surface area (Å²) >= 11 is 0. The molecule has 0 saturated carbocycles. The van der Waals surface area contributed by atoms with Crippen LogP contribution in [0.15, 0.2) is 72.8 Å². The topological polar surface area (TPSA) is 86.9 Å². The van der Waals surface area contributed by atoms with Crippen LogP contribution in [0.1, 0.15) is 15.9 Å². The third-order valence-electron chi connectivity index (χ3n) is 5.31. The highest BCUT2D eigenvalue weighted by Crippen LogP contribution is 2.31. The largest absolute Gasteiger partial charge is 0.508 e. The lowest BCUT2D eigenvalue weighted by atomic mass is 10.0. The van der Waals surface area contributed by atoms with Crippen molar-refractivity contribution in [3.8, 4) is 5.75 Å². The molecular formula is C23H21N3O4. The van der Waals surface area contributed by atoms with Gasteiger partial charge in [0.2, 0.25) is 0 Å². The molecule has 152 valence electrons. The Balaban J connectivity index is 1.54. The van der Waals surface area contributed by atoms with Crippen molar-refractivity contribution in [2.24, 2.45) is 0 Å². The molecule has 0 atom stereocenters. The standard InChI is InChI=1S/C23H21N3O4/c27-20-9-7-19(8-10-20)24-12-14-25(15-13-24)21-11-6-18(16-22(21)26(29)30)23(28)17-4-2-1-3-5-17/h1-11,16,27H,12-15H2. The van der Waals surface area contributed by atoms with Crippen LogP contribution in [0, 0.1) is 10.1 Å². The van der Waals surface area contributed by atoms with Crippen molar-refractivity contribution < 1.29 is 14.8 Å². The van der Waals surface area contributed by atoms with Crippen molar-refractivity contribution in [2.45, 2.75) is 0 Å². The van der Waals surface area contributed by atoms with Gasteiger partial charge in [0.25, 0.3) is 5.69 Å². The van der Waals surface area contributed by atoms with Crippen molar-refractivity contribution >= 4 is 22.8 Å². The summed E-state index contributed by atoms with van der Waals surface area (Å²) in [6.07, 6.45) is 0. The Kier molecular flexibility index (Phi) is 5.34. The van der Waals surface area contributed by atoms with E-state index in [1.165, 1.54) is 6.07 Å². The number of phenolic OH excluding ortho intramolecular Hbond substituents is 1. The van der Waals surface area contributed by atoms with Gasteiger partial charge in [-0.05, 0) is 36.4 Å². The van der Waals surface area contributed by atoms with E-state index in [4.69, 9.17) is 0 Å². The van der Waals surface area contributed by atoms with Crippen LogP contribution in [-0.2, 0) is 0 Å². The van der Waals surface area contributed by atoms with Crippen LogP contribution in [-0.4, -0.2) is 42.0 Å². The van der Waals surface area contributed by atoms with Crippen LogP contribution < -0.4 is 9.80 Å². The zero-order chi connectivity index (χ0) is 21.1. The van der Waals surface area contributed by atoms with Gasteiger partial charge in [0, 0.05) is 49.1 Å². The molecule has 0 spiro atoms. The summed E-state index contributed by atoms with van der Waals surface area (Å²) < 4.78 is 0. The van der Waals surface area contributed by atoms with E-state index in [9.17, 15) is 20.0 Å². The van der Waals surface area contributed by atoms with Gasteiger partial charge in [0.1, 0.15) is 11.4 Å². The molecule has 1 saturated heterocycles. The first-order valence-corrected chi connectivity index (χ1v) is 9.70. The molecule has 0 bridgehead atoms. The summed E-state index contributed by atoms with van der Waals surface area (Å²) in [4.78, 5) is 28.1. The minimum Gasteiger partial charge on any atom is -0.508 e. The number of carbonyl (C=O) groups excluding carboxylic acids is 1. The summed E-state index contributed by atoms with van der Waals surface area (Å²) in [7, 11) is 0. The Morgan fingerprint density at radius 1 is 0.833 bits per heavy atom. The Morgan fingerprint density at radius 2 is 1.47 bits per heavy atom. The van der Waals surface area contributed by atoms with E-state index in [2.05, 4.69) is 4.90 Å². The van der Waals surface area contributed by atoms with E-state index in [1.54, 1.807) is 48.5 Å². The highest BCUT2D eigenvalue weighted by molar-refractivity contribution is 6.09. The summed E-state index contributed by atoms with van der Waals surface area (Å²) in [6.45, 7) is 2.64. The number of anilines is 2. The van der Waals surface area contributed by atoms with Crippen LogP contribution in [0.25, 0.3) is 0 Å². The molecule has 0 unspecified atom stereocenters. The van der Waals surface area contributed by atoms with Crippen LogP contribution in [0.3, 0.4) is 0 Å². The molecule has 1 aliphatic heterocycles. The zero-order valence-corrected chi connectivity index (χ0v) is 16.3. The van der Waals surface area contributed by atoms with E-state index < -0.39 is 4.92 Å². The minimum atomic E-state index is -0.427. The molecule has 3 aromatic carbocycles. The quantitative estimate of drug-likeness (QED) is 0.395. The zero-order valence-electron chi connectivity index (χ0n) is 16.3. The summed E-state index contributed by atoms with van der Waals surface area (Å²) in [6, 6.07) is 20.5. The second-order valence-electron chi connectivity index (χ2n) is 7.15. The van der Waals surface area contributed by atoms with E-state index in [0.717, 1.165) is 5.69 Å². The monoisotopic (exact) mass is 403 g/mol. The number of nitro benzene ring substituents is 1. The molecule has 1 aliphatic rings.